The van der Waals surface area contributed by atoms with E-state index in [-0.39, 0.29) is 11.5 Å². The number of benzene rings is 2. The van der Waals surface area contributed by atoms with Crippen LogP contribution in [0.15, 0.2) is 42.5 Å². The zero-order valence-corrected chi connectivity index (χ0v) is 17.8. The van der Waals surface area contributed by atoms with Crippen LogP contribution in [0.5, 0.6) is 11.5 Å². The summed E-state index contributed by atoms with van der Waals surface area (Å²) in [6.07, 6.45) is 0.872. The van der Waals surface area contributed by atoms with Crippen LogP contribution >= 0.6 is 0 Å². The molecule has 160 valence electrons. The van der Waals surface area contributed by atoms with E-state index in [4.69, 9.17) is 14.2 Å². The first kappa shape index (κ1) is 20.7. The first-order chi connectivity index (χ1) is 14.5. The third-order valence-corrected chi connectivity index (χ3v) is 5.40. The van der Waals surface area contributed by atoms with Gasteiger partial charge in [-0.25, -0.2) is 0 Å². The van der Waals surface area contributed by atoms with Crippen molar-refractivity contribution in [2.24, 2.45) is 0 Å². The fourth-order valence-corrected chi connectivity index (χ4v) is 3.96. The largest absolute Gasteiger partial charge is 0.488 e. The Hall–Kier alpha value is -2.57. The number of morpholine rings is 1. The van der Waals surface area contributed by atoms with Gasteiger partial charge in [-0.05, 0) is 37.6 Å². The van der Waals surface area contributed by atoms with E-state index in [1.807, 2.05) is 30.3 Å². The summed E-state index contributed by atoms with van der Waals surface area (Å²) in [5.74, 6) is 1.47. The maximum absolute atomic E-state index is 12.5. The second-order valence-electron chi connectivity index (χ2n) is 8.48. The number of ether oxygens (including phenoxy) is 3. The van der Waals surface area contributed by atoms with Crippen LogP contribution in [0.2, 0.25) is 0 Å². The molecule has 0 bridgehead atoms. The molecule has 1 N–H and O–H groups in total. The van der Waals surface area contributed by atoms with E-state index in [2.05, 4.69) is 36.2 Å². The van der Waals surface area contributed by atoms with E-state index in [9.17, 15) is 4.79 Å². The topological polar surface area (TPSA) is 60.0 Å². The van der Waals surface area contributed by atoms with Crippen LogP contribution in [0.3, 0.4) is 0 Å². The summed E-state index contributed by atoms with van der Waals surface area (Å²) < 4.78 is 17.3. The van der Waals surface area contributed by atoms with Gasteiger partial charge in [-0.3, -0.25) is 9.69 Å². The molecule has 6 nitrogen and oxygen atoms in total. The van der Waals surface area contributed by atoms with E-state index >= 15 is 0 Å². The van der Waals surface area contributed by atoms with Crippen LogP contribution in [0.4, 0.5) is 0 Å². The molecule has 2 aromatic rings. The molecule has 0 radical (unpaired) electrons. The lowest BCUT2D eigenvalue weighted by atomic mass is 10.0. The second kappa shape index (κ2) is 9.06. The van der Waals surface area contributed by atoms with Crippen molar-refractivity contribution in [1.29, 1.82) is 0 Å². The lowest BCUT2D eigenvalue weighted by Crippen LogP contribution is -2.35. The maximum atomic E-state index is 12.5. The van der Waals surface area contributed by atoms with E-state index in [0.717, 1.165) is 56.3 Å². The molecule has 2 aliphatic heterocycles. The number of hydrogen-bond donors (Lipinski definition) is 1. The second-order valence-corrected chi connectivity index (χ2v) is 8.48. The van der Waals surface area contributed by atoms with Gasteiger partial charge in [0.2, 0.25) is 0 Å². The summed E-state index contributed by atoms with van der Waals surface area (Å²) in [5.41, 5.74) is 2.77. The van der Waals surface area contributed by atoms with Gasteiger partial charge in [-0.1, -0.05) is 24.3 Å². The molecule has 0 atom stereocenters. The lowest BCUT2D eigenvalue weighted by molar-refractivity contribution is 0.0342. The predicted molar refractivity (Wildman–Crippen MR) is 115 cm³/mol. The van der Waals surface area contributed by atoms with Crippen molar-refractivity contribution < 1.29 is 19.0 Å². The summed E-state index contributed by atoms with van der Waals surface area (Å²) in [4.78, 5) is 14.9. The Labute approximate surface area is 178 Å². The lowest BCUT2D eigenvalue weighted by Gasteiger charge is -2.26. The van der Waals surface area contributed by atoms with Gasteiger partial charge in [0.15, 0.2) is 11.5 Å². The molecule has 6 heteroatoms. The Morgan fingerprint density at radius 3 is 2.80 bits per heavy atom. The van der Waals surface area contributed by atoms with Crippen LogP contribution in [-0.4, -0.2) is 55.9 Å². The SMILES string of the molecule is CC1(C)Cc2cccc(OCCNC(=O)c3cccc(CN4CCOCC4)c3)c2O1. The number of para-hydroxylation sites is 1. The van der Waals surface area contributed by atoms with Crippen molar-refractivity contribution in [1.82, 2.24) is 10.2 Å². The normalized spacial score (nSPS) is 17.8. The van der Waals surface area contributed by atoms with Gasteiger partial charge in [0.05, 0.1) is 19.8 Å². The van der Waals surface area contributed by atoms with Crippen LogP contribution < -0.4 is 14.8 Å². The van der Waals surface area contributed by atoms with Gasteiger partial charge in [0.1, 0.15) is 12.2 Å². The fraction of sp³-hybridized carbons (Fsp3) is 0.458. The van der Waals surface area contributed by atoms with Crippen molar-refractivity contribution >= 4 is 5.91 Å². The van der Waals surface area contributed by atoms with Gasteiger partial charge in [0, 0.05) is 37.2 Å². The third kappa shape index (κ3) is 5.12. The van der Waals surface area contributed by atoms with Crippen LogP contribution in [0.25, 0.3) is 0 Å². The molecular weight excluding hydrogens is 380 g/mol. The average Bonchev–Trinajstić information content (AvgIpc) is 3.06. The molecule has 0 aromatic heterocycles. The highest BCUT2D eigenvalue weighted by molar-refractivity contribution is 5.94. The van der Waals surface area contributed by atoms with Crippen molar-refractivity contribution in [2.45, 2.75) is 32.4 Å². The zero-order chi connectivity index (χ0) is 21.0. The summed E-state index contributed by atoms with van der Waals surface area (Å²) in [6, 6.07) is 13.8. The molecule has 2 aliphatic rings. The van der Waals surface area contributed by atoms with Crippen molar-refractivity contribution in [3.63, 3.8) is 0 Å². The van der Waals surface area contributed by atoms with Crippen LogP contribution in [0, 0.1) is 0 Å². The number of carbonyl (C=O) groups excluding carboxylic acids is 1. The van der Waals surface area contributed by atoms with Crippen LogP contribution in [0.1, 0.15) is 35.3 Å². The number of fused-ring (bicyclic) bond motifs is 1. The molecular formula is C24H30N2O4. The number of nitrogens with one attached hydrogen (secondary N) is 1. The number of nitrogens with zero attached hydrogens (tertiary/aromatic N) is 1. The first-order valence-corrected chi connectivity index (χ1v) is 10.6. The Balaban J connectivity index is 1.27. The average molecular weight is 411 g/mol. The van der Waals surface area contributed by atoms with Gasteiger partial charge in [-0.2, -0.15) is 0 Å². The summed E-state index contributed by atoms with van der Waals surface area (Å²) in [5, 5.41) is 2.95. The Morgan fingerprint density at radius 2 is 1.97 bits per heavy atom. The molecule has 1 fully saturated rings. The number of rotatable bonds is 7. The molecule has 4 rings (SSSR count). The van der Waals surface area contributed by atoms with Gasteiger partial charge in [0.25, 0.3) is 5.91 Å². The molecule has 2 aromatic carbocycles. The quantitative estimate of drug-likeness (QED) is 0.711. The molecule has 2 heterocycles. The molecule has 0 aliphatic carbocycles. The highest BCUT2D eigenvalue weighted by atomic mass is 16.5. The standard InChI is InChI=1S/C24H30N2O4/c1-24(2)16-20-7-4-8-21(22(20)30-24)29-12-9-25-23(27)19-6-3-5-18(15-19)17-26-10-13-28-14-11-26/h3-8,15H,9-14,16-17H2,1-2H3,(H,25,27). The highest BCUT2D eigenvalue weighted by Gasteiger charge is 2.32. The van der Waals surface area contributed by atoms with Gasteiger partial charge in [-0.15, -0.1) is 0 Å². The smallest absolute Gasteiger partial charge is 0.251 e. The van der Waals surface area contributed by atoms with E-state index < -0.39 is 0 Å². The van der Waals surface area contributed by atoms with Crippen molar-refractivity contribution in [2.75, 3.05) is 39.5 Å². The minimum Gasteiger partial charge on any atom is -0.488 e. The zero-order valence-electron chi connectivity index (χ0n) is 17.8. The maximum Gasteiger partial charge on any atom is 0.251 e. The molecule has 0 spiro atoms. The Kier molecular flexibility index (Phi) is 6.25. The molecule has 0 saturated carbocycles. The summed E-state index contributed by atoms with van der Waals surface area (Å²) in [6.45, 7) is 9.20. The molecule has 0 unspecified atom stereocenters. The third-order valence-electron chi connectivity index (χ3n) is 5.40. The molecule has 1 amide bonds. The molecule has 1 saturated heterocycles. The summed E-state index contributed by atoms with van der Waals surface area (Å²) in [7, 11) is 0. The number of carbonyl (C=O) groups is 1. The Bertz CT molecular complexity index is 891. The molecule has 30 heavy (non-hydrogen) atoms. The predicted octanol–water partition coefficient (Wildman–Crippen LogP) is 3.04. The minimum atomic E-state index is -0.206. The Morgan fingerprint density at radius 1 is 1.17 bits per heavy atom. The summed E-state index contributed by atoms with van der Waals surface area (Å²) >= 11 is 0. The fourth-order valence-electron chi connectivity index (χ4n) is 3.96. The van der Waals surface area contributed by atoms with E-state index in [1.165, 1.54) is 5.56 Å². The number of amides is 1. The van der Waals surface area contributed by atoms with Gasteiger partial charge >= 0.3 is 0 Å². The first-order valence-electron chi connectivity index (χ1n) is 10.6. The van der Waals surface area contributed by atoms with Crippen LogP contribution in [-0.2, 0) is 17.7 Å². The minimum absolute atomic E-state index is 0.0851. The highest BCUT2D eigenvalue weighted by Crippen LogP contribution is 2.41. The van der Waals surface area contributed by atoms with E-state index in [0.29, 0.717) is 18.7 Å². The van der Waals surface area contributed by atoms with E-state index in [1.54, 1.807) is 0 Å². The monoisotopic (exact) mass is 410 g/mol. The van der Waals surface area contributed by atoms with Crippen molar-refractivity contribution in [3.05, 3.63) is 59.2 Å². The van der Waals surface area contributed by atoms with Crippen molar-refractivity contribution in [3.8, 4) is 11.5 Å². The number of hydrogen-bond acceptors (Lipinski definition) is 5. The van der Waals surface area contributed by atoms with Gasteiger partial charge < -0.3 is 19.5 Å².